The molecule has 1 amide bonds. The summed E-state index contributed by atoms with van der Waals surface area (Å²) in [7, 11) is 4.51. The molecule has 0 spiro atoms. The number of aromatic nitrogens is 3. The van der Waals surface area contributed by atoms with Gasteiger partial charge in [0.15, 0.2) is 11.5 Å². The number of nitrogens with zero attached hydrogens (tertiary/aromatic N) is 4. The summed E-state index contributed by atoms with van der Waals surface area (Å²) in [6, 6.07) is 7.45. The topological polar surface area (TPSA) is 131 Å². The van der Waals surface area contributed by atoms with Crippen LogP contribution in [0.1, 0.15) is 15.9 Å². The Kier molecular flexibility index (Phi) is 6.11. The number of hydrogen-bond donors (Lipinski definition) is 1. The number of amides is 1. The third-order valence-electron chi connectivity index (χ3n) is 4.33. The van der Waals surface area contributed by atoms with Gasteiger partial charge in [0.25, 0.3) is 11.6 Å². The monoisotopic (exact) mass is 413 g/mol. The Morgan fingerprint density at radius 3 is 2.40 bits per heavy atom. The Bertz CT molecular complexity index is 1070. The normalized spacial score (nSPS) is 10.4. The minimum absolute atomic E-state index is 0.112. The quantitative estimate of drug-likeness (QED) is 0.439. The maximum absolute atomic E-state index is 12.6. The number of benzene rings is 2. The number of nitro benzene ring substituents is 1. The van der Waals surface area contributed by atoms with Crippen LogP contribution in [0.15, 0.2) is 43.0 Å². The number of rotatable bonds is 8. The summed E-state index contributed by atoms with van der Waals surface area (Å²) in [6.07, 6.45) is 2.60. The zero-order valence-electron chi connectivity index (χ0n) is 16.5. The lowest BCUT2D eigenvalue weighted by Gasteiger charge is -2.14. The van der Waals surface area contributed by atoms with E-state index in [1.165, 1.54) is 56.9 Å². The fourth-order valence-electron chi connectivity index (χ4n) is 2.85. The minimum atomic E-state index is -0.578. The van der Waals surface area contributed by atoms with Gasteiger partial charge in [-0.25, -0.2) is 9.67 Å². The number of nitrogens with one attached hydrogen (secondary N) is 1. The van der Waals surface area contributed by atoms with Gasteiger partial charge in [0.05, 0.1) is 26.3 Å². The van der Waals surface area contributed by atoms with Crippen LogP contribution in [0.3, 0.4) is 0 Å². The van der Waals surface area contributed by atoms with Crippen molar-refractivity contribution >= 4 is 11.6 Å². The van der Waals surface area contributed by atoms with E-state index in [4.69, 9.17) is 14.2 Å². The third kappa shape index (κ3) is 4.14. The van der Waals surface area contributed by atoms with E-state index in [1.54, 1.807) is 12.1 Å². The van der Waals surface area contributed by atoms with Crippen molar-refractivity contribution in [1.29, 1.82) is 0 Å². The predicted molar refractivity (Wildman–Crippen MR) is 105 cm³/mol. The van der Waals surface area contributed by atoms with Crippen LogP contribution in [0, 0.1) is 10.1 Å². The maximum atomic E-state index is 12.6. The van der Waals surface area contributed by atoms with Crippen molar-refractivity contribution in [3.8, 4) is 22.9 Å². The summed E-state index contributed by atoms with van der Waals surface area (Å²) in [6.45, 7) is 0.112. The predicted octanol–water partition coefficient (Wildman–Crippen LogP) is 2.13. The van der Waals surface area contributed by atoms with Crippen molar-refractivity contribution in [3.05, 3.63) is 64.2 Å². The minimum Gasteiger partial charge on any atom is -0.496 e. The molecule has 3 rings (SSSR count). The number of ether oxygens (including phenoxy) is 3. The van der Waals surface area contributed by atoms with Crippen LogP contribution >= 0.6 is 0 Å². The van der Waals surface area contributed by atoms with E-state index in [0.717, 1.165) is 0 Å². The molecule has 2 aromatic carbocycles. The molecule has 0 atom stereocenters. The zero-order valence-corrected chi connectivity index (χ0v) is 16.5. The molecule has 156 valence electrons. The molecule has 3 aromatic rings. The molecule has 1 heterocycles. The van der Waals surface area contributed by atoms with Crippen LogP contribution in [0.5, 0.6) is 17.2 Å². The molecule has 0 aliphatic heterocycles. The van der Waals surface area contributed by atoms with E-state index < -0.39 is 10.8 Å². The Morgan fingerprint density at radius 2 is 1.80 bits per heavy atom. The molecule has 0 radical (unpaired) electrons. The molecule has 1 aromatic heterocycles. The lowest BCUT2D eigenvalue weighted by molar-refractivity contribution is -0.384. The van der Waals surface area contributed by atoms with E-state index in [9.17, 15) is 14.9 Å². The van der Waals surface area contributed by atoms with E-state index in [1.807, 2.05) is 0 Å². The zero-order chi connectivity index (χ0) is 21.7. The molecule has 0 aliphatic carbocycles. The molecular formula is C19H19N5O6. The fraction of sp³-hybridized carbons (Fsp3) is 0.211. The van der Waals surface area contributed by atoms with Crippen LogP contribution in [0.25, 0.3) is 5.69 Å². The summed E-state index contributed by atoms with van der Waals surface area (Å²) >= 11 is 0. The standard InChI is InChI=1S/C19H19N5O6/c1-28-16-8-18(30-3)17(29-2)7-13(16)9-21-19(25)12-4-5-14(15(6-12)24(26)27)23-11-20-10-22-23/h4-8,10-11H,9H2,1-3H3,(H,21,25). The van der Waals surface area contributed by atoms with Crippen molar-refractivity contribution in [2.75, 3.05) is 21.3 Å². The summed E-state index contributed by atoms with van der Waals surface area (Å²) in [4.78, 5) is 27.3. The highest BCUT2D eigenvalue weighted by Gasteiger charge is 2.20. The van der Waals surface area contributed by atoms with Gasteiger partial charge in [0.1, 0.15) is 24.1 Å². The average Bonchev–Trinajstić information content (AvgIpc) is 3.31. The largest absolute Gasteiger partial charge is 0.496 e. The van der Waals surface area contributed by atoms with Crippen LogP contribution in [-0.4, -0.2) is 46.9 Å². The van der Waals surface area contributed by atoms with Gasteiger partial charge in [-0.05, 0) is 18.2 Å². The summed E-state index contributed by atoms with van der Waals surface area (Å²) in [5.41, 5.74) is 0.717. The fourth-order valence-corrected chi connectivity index (χ4v) is 2.85. The Labute approximate surface area is 171 Å². The molecule has 11 heteroatoms. The smallest absolute Gasteiger partial charge is 0.295 e. The van der Waals surface area contributed by atoms with Crippen molar-refractivity contribution in [3.63, 3.8) is 0 Å². The van der Waals surface area contributed by atoms with Crippen LogP contribution < -0.4 is 19.5 Å². The molecule has 0 fully saturated rings. The second-order valence-corrected chi connectivity index (χ2v) is 6.00. The molecule has 0 saturated heterocycles. The lowest BCUT2D eigenvalue weighted by atomic mass is 10.1. The van der Waals surface area contributed by atoms with Gasteiger partial charge in [-0.15, -0.1) is 0 Å². The van der Waals surface area contributed by atoms with E-state index in [0.29, 0.717) is 22.8 Å². The summed E-state index contributed by atoms with van der Waals surface area (Å²) < 4.78 is 17.1. The highest BCUT2D eigenvalue weighted by Crippen LogP contribution is 2.34. The number of carbonyl (C=O) groups excluding carboxylic acids is 1. The van der Waals surface area contributed by atoms with Crippen molar-refractivity contribution in [2.24, 2.45) is 0 Å². The first kappa shape index (κ1) is 20.6. The summed E-state index contributed by atoms with van der Waals surface area (Å²) in [5, 5.41) is 18.1. The molecule has 0 saturated carbocycles. The van der Waals surface area contributed by atoms with Gasteiger partial charge in [-0.1, -0.05) is 0 Å². The summed E-state index contributed by atoms with van der Waals surface area (Å²) in [5.74, 6) is 0.986. The number of carbonyl (C=O) groups is 1. The first-order valence-corrected chi connectivity index (χ1v) is 8.69. The van der Waals surface area contributed by atoms with Crippen LogP contribution in [0.4, 0.5) is 5.69 Å². The molecule has 0 unspecified atom stereocenters. The Morgan fingerprint density at radius 1 is 1.10 bits per heavy atom. The molecule has 0 bridgehead atoms. The van der Waals surface area contributed by atoms with E-state index in [2.05, 4.69) is 15.4 Å². The molecule has 30 heavy (non-hydrogen) atoms. The Balaban J connectivity index is 1.83. The lowest BCUT2D eigenvalue weighted by Crippen LogP contribution is -2.23. The van der Waals surface area contributed by atoms with Gasteiger partial charge in [0, 0.05) is 29.8 Å². The van der Waals surface area contributed by atoms with Crippen molar-refractivity contribution < 1.29 is 23.9 Å². The second kappa shape index (κ2) is 8.90. The first-order valence-electron chi connectivity index (χ1n) is 8.69. The Hall–Kier alpha value is -4.15. The van der Waals surface area contributed by atoms with Crippen molar-refractivity contribution in [1.82, 2.24) is 20.1 Å². The third-order valence-corrected chi connectivity index (χ3v) is 4.33. The SMILES string of the molecule is COc1cc(OC)c(OC)cc1CNC(=O)c1ccc(-n2cncn2)c([N+](=O)[O-])c1. The van der Waals surface area contributed by atoms with Crippen LogP contribution in [-0.2, 0) is 6.54 Å². The first-order chi connectivity index (χ1) is 14.5. The van der Waals surface area contributed by atoms with Gasteiger partial charge in [0.2, 0.25) is 0 Å². The second-order valence-electron chi connectivity index (χ2n) is 6.00. The van der Waals surface area contributed by atoms with Gasteiger partial charge < -0.3 is 19.5 Å². The average molecular weight is 413 g/mol. The molecular weight excluding hydrogens is 394 g/mol. The number of hydrogen-bond acceptors (Lipinski definition) is 8. The molecule has 1 N–H and O–H groups in total. The number of methoxy groups -OCH3 is 3. The van der Waals surface area contributed by atoms with Crippen LogP contribution in [0.2, 0.25) is 0 Å². The maximum Gasteiger partial charge on any atom is 0.295 e. The van der Waals surface area contributed by atoms with Crippen molar-refractivity contribution in [2.45, 2.75) is 6.54 Å². The van der Waals surface area contributed by atoms with E-state index >= 15 is 0 Å². The molecule has 0 aliphatic rings. The number of nitro groups is 1. The van der Waals surface area contributed by atoms with E-state index in [-0.39, 0.29) is 23.5 Å². The van der Waals surface area contributed by atoms with Gasteiger partial charge in [-0.2, -0.15) is 5.10 Å². The highest BCUT2D eigenvalue weighted by atomic mass is 16.6. The van der Waals surface area contributed by atoms with Gasteiger partial charge >= 0.3 is 0 Å². The molecule has 11 nitrogen and oxygen atoms in total. The van der Waals surface area contributed by atoms with Gasteiger partial charge in [-0.3, -0.25) is 14.9 Å². The highest BCUT2D eigenvalue weighted by molar-refractivity contribution is 5.95.